The van der Waals surface area contributed by atoms with E-state index in [1.54, 1.807) is 34.5 Å². The van der Waals surface area contributed by atoms with Crippen LogP contribution in [0.15, 0.2) is 28.7 Å². The lowest BCUT2D eigenvalue weighted by atomic mass is 10.00. The number of amides is 1. The summed E-state index contributed by atoms with van der Waals surface area (Å²) in [7, 11) is -1.77. The fourth-order valence-electron chi connectivity index (χ4n) is 4.79. The first-order valence-electron chi connectivity index (χ1n) is 10.1. The molecule has 3 aliphatic rings. The van der Waals surface area contributed by atoms with Crippen LogP contribution in [0.4, 0.5) is 5.69 Å². The van der Waals surface area contributed by atoms with Crippen molar-refractivity contribution in [2.24, 2.45) is 0 Å². The van der Waals surface area contributed by atoms with Crippen LogP contribution in [0.2, 0.25) is 0 Å². The predicted molar refractivity (Wildman–Crippen MR) is 107 cm³/mol. The van der Waals surface area contributed by atoms with Crippen LogP contribution in [-0.4, -0.2) is 38.3 Å². The molecule has 2 aliphatic heterocycles. The molecule has 1 aliphatic carbocycles. The van der Waals surface area contributed by atoms with Gasteiger partial charge in [-0.3, -0.25) is 4.79 Å². The van der Waals surface area contributed by atoms with E-state index >= 15 is 0 Å². The lowest BCUT2D eigenvalue weighted by Crippen LogP contribution is -2.43. The Morgan fingerprint density at radius 2 is 1.85 bits per heavy atom. The van der Waals surface area contributed by atoms with E-state index in [1.807, 2.05) is 0 Å². The van der Waals surface area contributed by atoms with Gasteiger partial charge in [-0.1, -0.05) is 18.9 Å². The Balaban J connectivity index is 1.79. The average molecular weight is 389 g/mol. The number of rotatable bonds is 3. The summed E-state index contributed by atoms with van der Waals surface area (Å²) in [6, 6.07) is 5.29. The quantitative estimate of drug-likeness (QED) is 0.737. The molecule has 1 aromatic carbocycles. The highest BCUT2D eigenvalue weighted by Crippen LogP contribution is 2.43. The van der Waals surface area contributed by atoms with Crippen LogP contribution in [0.25, 0.3) is 5.57 Å². The lowest BCUT2D eigenvalue weighted by molar-refractivity contribution is -0.112. The minimum absolute atomic E-state index is 0.000792. The summed E-state index contributed by atoms with van der Waals surface area (Å²) in [5.41, 5.74) is 3.54. The van der Waals surface area contributed by atoms with Crippen LogP contribution in [0, 0.1) is 0 Å². The van der Waals surface area contributed by atoms with Gasteiger partial charge in [-0.25, -0.2) is 8.42 Å². The van der Waals surface area contributed by atoms with Gasteiger partial charge in [-0.05, 0) is 63.1 Å². The number of sulfonamides is 1. The second kappa shape index (κ2) is 7.06. The minimum Gasteiger partial charge on any atom is -0.311 e. The highest BCUT2D eigenvalue weighted by Gasteiger charge is 2.37. The second-order valence-electron chi connectivity index (χ2n) is 7.90. The molecule has 0 spiro atoms. The first-order valence-corrected chi connectivity index (χ1v) is 11.6. The van der Waals surface area contributed by atoms with Crippen LogP contribution < -0.4 is 4.90 Å². The molecule has 0 radical (unpaired) electrons. The third-order valence-electron chi connectivity index (χ3n) is 6.33. The molecule has 5 nitrogen and oxygen atoms in total. The molecule has 1 saturated heterocycles. The summed E-state index contributed by atoms with van der Waals surface area (Å²) in [5.74, 6) is 0.000792. The lowest BCUT2D eigenvalue weighted by Gasteiger charge is -2.34. The number of fused-ring (bicyclic) bond motifs is 1. The molecule has 6 heteroatoms. The summed E-state index contributed by atoms with van der Waals surface area (Å²) < 4.78 is 28.4. The van der Waals surface area contributed by atoms with Crippen LogP contribution in [0.5, 0.6) is 0 Å². The molecule has 2 fully saturated rings. The van der Waals surface area contributed by atoms with Gasteiger partial charge < -0.3 is 4.90 Å². The van der Waals surface area contributed by atoms with Crippen molar-refractivity contribution in [2.45, 2.75) is 69.2 Å². The van der Waals surface area contributed by atoms with E-state index in [-0.39, 0.29) is 11.9 Å². The number of benzene rings is 1. The zero-order chi connectivity index (χ0) is 19.2. The van der Waals surface area contributed by atoms with Crippen molar-refractivity contribution in [3.05, 3.63) is 29.3 Å². The van der Waals surface area contributed by atoms with Gasteiger partial charge >= 0.3 is 0 Å². The number of hydrogen-bond acceptors (Lipinski definition) is 3. The summed E-state index contributed by atoms with van der Waals surface area (Å²) in [6.45, 7) is 2.64. The summed E-state index contributed by atoms with van der Waals surface area (Å²) in [6.07, 6.45) is 7.86. The Morgan fingerprint density at radius 1 is 1.11 bits per heavy atom. The topological polar surface area (TPSA) is 57.7 Å². The van der Waals surface area contributed by atoms with Crippen molar-refractivity contribution >= 4 is 27.2 Å². The Kier molecular flexibility index (Phi) is 4.89. The Bertz CT molecular complexity index is 896. The average Bonchev–Trinajstić information content (AvgIpc) is 3.29. The summed E-state index contributed by atoms with van der Waals surface area (Å²) in [4.78, 5) is 14.8. The molecule has 1 aromatic rings. The number of hydrogen-bond donors (Lipinski definition) is 0. The van der Waals surface area contributed by atoms with E-state index in [2.05, 4.69) is 6.92 Å². The zero-order valence-corrected chi connectivity index (χ0v) is 17.0. The van der Waals surface area contributed by atoms with Gasteiger partial charge in [0, 0.05) is 30.8 Å². The highest BCUT2D eigenvalue weighted by atomic mass is 32.2. The molecule has 0 N–H and O–H groups in total. The Hall–Kier alpha value is -1.66. The van der Waals surface area contributed by atoms with Gasteiger partial charge in [0.25, 0.3) is 5.91 Å². The van der Waals surface area contributed by atoms with Crippen LogP contribution >= 0.6 is 0 Å². The normalized spacial score (nSPS) is 24.0. The van der Waals surface area contributed by atoms with Crippen molar-refractivity contribution in [1.29, 1.82) is 0 Å². The first kappa shape index (κ1) is 18.7. The van der Waals surface area contributed by atoms with Gasteiger partial charge in [0.2, 0.25) is 10.0 Å². The highest BCUT2D eigenvalue weighted by molar-refractivity contribution is 7.89. The number of likely N-dealkylation sites (N-methyl/N-ethyl adjacent to an activating group) is 1. The van der Waals surface area contributed by atoms with Gasteiger partial charge in [0.1, 0.15) is 0 Å². The third-order valence-corrected chi connectivity index (χ3v) is 8.28. The third kappa shape index (κ3) is 3.03. The fourth-order valence-corrected chi connectivity index (χ4v) is 6.58. The van der Waals surface area contributed by atoms with E-state index in [0.717, 1.165) is 68.2 Å². The van der Waals surface area contributed by atoms with E-state index in [9.17, 15) is 13.2 Å². The maximum absolute atomic E-state index is 13.4. The van der Waals surface area contributed by atoms with Crippen LogP contribution in [-0.2, 0) is 14.8 Å². The van der Waals surface area contributed by atoms with Gasteiger partial charge in [-0.15, -0.1) is 0 Å². The molecular formula is C21H28N2O3S. The molecule has 0 aromatic heterocycles. The van der Waals surface area contributed by atoms with Crippen molar-refractivity contribution in [3.63, 3.8) is 0 Å². The molecule has 4 rings (SSSR count). The van der Waals surface area contributed by atoms with Crippen LogP contribution in [0.3, 0.4) is 0 Å². The monoisotopic (exact) mass is 388 g/mol. The molecule has 1 amide bonds. The van der Waals surface area contributed by atoms with Crippen molar-refractivity contribution in [1.82, 2.24) is 4.31 Å². The Labute approximate surface area is 162 Å². The standard InChI is InChI=1S/C21H28N2O3S/c1-3-16-10-6-7-13-23(16)27(25,26)17-11-12-19-18(14-17)20(21(24)22(19)2)15-8-4-5-9-15/h11-12,14,16H,3-10,13H2,1-2H3/t16-/m0/s1. The largest absolute Gasteiger partial charge is 0.311 e. The molecule has 1 saturated carbocycles. The summed E-state index contributed by atoms with van der Waals surface area (Å²) in [5, 5.41) is 0. The molecule has 27 heavy (non-hydrogen) atoms. The van der Waals surface area contributed by atoms with Gasteiger partial charge in [0.15, 0.2) is 0 Å². The maximum atomic E-state index is 13.4. The van der Waals surface area contributed by atoms with Gasteiger partial charge in [0.05, 0.1) is 10.6 Å². The number of anilines is 1. The SMILES string of the molecule is CC[C@H]1CCCCN1S(=O)(=O)c1ccc2c(c1)C(=C1CCCC1)C(=O)N2C. The van der Waals surface area contributed by atoms with Crippen LogP contribution in [0.1, 0.15) is 63.9 Å². The Morgan fingerprint density at radius 3 is 2.56 bits per heavy atom. The predicted octanol–water partition coefficient (Wildman–Crippen LogP) is 3.94. The van der Waals surface area contributed by atoms with Crippen molar-refractivity contribution in [2.75, 3.05) is 18.5 Å². The van der Waals surface area contributed by atoms with E-state index in [1.165, 1.54) is 5.57 Å². The molecular weight excluding hydrogens is 360 g/mol. The maximum Gasteiger partial charge on any atom is 0.258 e. The fraction of sp³-hybridized carbons (Fsp3) is 0.571. The number of nitrogens with zero attached hydrogens (tertiary/aromatic N) is 2. The smallest absolute Gasteiger partial charge is 0.258 e. The minimum atomic E-state index is -3.55. The van der Waals surface area contributed by atoms with Crippen molar-refractivity contribution in [3.8, 4) is 0 Å². The zero-order valence-electron chi connectivity index (χ0n) is 16.2. The number of piperidine rings is 1. The van der Waals surface area contributed by atoms with E-state index in [4.69, 9.17) is 0 Å². The molecule has 0 unspecified atom stereocenters. The van der Waals surface area contributed by atoms with E-state index in [0.29, 0.717) is 11.4 Å². The molecule has 146 valence electrons. The van der Waals surface area contributed by atoms with Gasteiger partial charge in [-0.2, -0.15) is 4.31 Å². The number of carbonyl (C=O) groups is 1. The number of carbonyl (C=O) groups excluding carboxylic acids is 1. The molecule has 0 bridgehead atoms. The first-order chi connectivity index (χ1) is 12.9. The molecule has 2 heterocycles. The number of allylic oxidation sites excluding steroid dienone is 1. The van der Waals surface area contributed by atoms with Crippen molar-refractivity contribution < 1.29 is 13.2 Å². The second-order valence-corrected chi connectivity index (χ2v) is 9.79. The molecule has 1 atom stereocenters. The van der Waals surface area contributed by atoms with E-state index < -0.39 is 10.0 Å². The summed E-state index contributed by atoms with van der Waals surface area (Å²) >= 11 is 0.